The normalized spacial score (nSPS) is 11.8. The van der Waals surface area contributed by atoms with E-state index in [2.05, 4.69) is 37.2 Å². The first-order chi connectivity index (χ1) is 6.47. The number of likely N-dealkylation sites (N-methyl/N-ethyl adjacent to an activating group) is 1. The molecule has 0 spiro atoms. The predicted octanol–water partition coefficient (Wildman–Crippen LogP) is 3.52. The SMILES string of the molecule is CNCC(F)(F)c1ccc(Br)c(Br)c1. The quantitative estimate of drug-likeness (QED) is 0.895. The Morgan fingerprint density at radius 1 is 1.29 bits per heavy atom. The van der Waals surface area contributed by atoms with E-state index in [1.165, 1.54) is 19.2 Å². The Kier molecular flexibility index (Phi) is 4.04. The maximum absolute atomic E-state index is 13.4. The first-order valence-corrected chi connectivity index (χ1v) is 5.54. The van der Waals surface area contributed by atoms with Crippen LogP contribution >= 0.6 is 31.9 Å². The highest BCUT2D eigenvalue weighted by Crippen LogP contribution is 2.32. The van der Waals surface area contributed by atoms with E-state index in [4.69, 9.17) is 0 Å². The topological polar surface area (TPSA) is 12.0 Å². The van der Waals surface area contributed by atoms with Gasteiger partial charge in [0.15, 0.2) is 0 Å². The van der Waals surface area contributed by atoms with Crippen LogP contribution in [0.15, 0.2) is 27.1 Å². The summed E-state index contributed by atoms with van der Waals surface area (Å²) in [6.45, 7) is -0.360. The van der Waals surface area contributed by atoms with Crippen LogP contribution in [0.5, 0.6) is 0 Å². The van der Waals surface area contributed by atoms with Crippen molar-refractivity contribution in [2.24, 2.45) is 0 Å². The van der Waals surface area contributed by atoms with Gasteiger partial charge in [0.1, 0.15) is 0 Å². The van der Waals surface area contributed by atoms with Crippen LogP contribution in [0.2, 0.25) is 0 Å². The molecule has 0 bridgehead atoms. The molecule has 1 N–H and O–H groups in total. The summed E-state index contributed by atoms with van der Waals surface area (Å²) in [5, 5.41) is 2.46. The first kappa shape index (κ1) is 12.1. The van der Waals surface area contributed by atoms with Crippen LogP contribution in [0.4, 0.5) is 8.78 Å². The van der Waals surface area contributed by atoms with Crippen LogP contribution in [0.3, 0.4) is 0 Å². The smallest absolute Gasteiger partial charge is 0.285 e. The standard InChI is InChI=1S/C9H9Br2F2N/c1-14-5-9(12,13)6-2-3-7(10)8(11)4-6/h2-4,14H,5H2,1H3. The summed E-state index contributed by atoms with van der Waals surface area (Å²) in [5.41, 5.74) is 0.00178. The van der Waals surface area contributed by atoms with Gasteiger partial charge in [-0.25, -0.2) is 0 Å². The lowest BCUT2D eigenvalue weighted by atomic mass is 10.1. The molecular weight excluding hydrogens is 320 g/mol. The van der Waals surface area contributed by atoms with Gasteiger partial charge in [-0.2, -0.15) is 8.78 Å². The summed E-state index contributed by atoms with van der Waals surface area (Å²) < 4.78 is 28.1. The zero-order valence-corrected chi connectivity index (χ0v) is 10.6. The van der Waals surface area contributed by atoms with Crippen LogP contribution in [0.25, 0.3) is 0 Å². The van der Waals surface area contributed by atoms with Crippen molar-refractivity contribution in [2.75, 3.05) is 13.6 Å². The van der Waals surface area contributed by atoms with E-state index in [1.807, 2.05) is 0 Å². The molecule has 0 aliphatic rings. The number of benzene rings is 1. The monoisotopic (exact) mass is 327 g/mol. The molecule has 0 radical (unpaired) electrons. The van der Waals surface area contributed by atoms with E-state index < -0.39 is 5.92 Å². The van der Waals surface area contributed by atoms with Crippen LogP contribution < -0.4 is 5.32 Å². The third kappa shape index (κ3) is 2.74. The van der Waals surface area contributed by atoms with E-state index in [1.54, 1.807) is 6.07 Å². The van der Waals surface area contributed by atoms with Crippen LogP contribution in [0, 0.1) is 0 Å². The minimum atomic E-state index is -2.84. The Labute approximate surface area is 98.1 Å². The van der Waals surface area contributed by atoms with Crippen molar-refractivity contribution in [2.45, 2.75) is 5.92 Å². The molecule has 0 amide bonds. The Morgan fingerprint density at radius 3 is 2.43 bits per heavy atom. The molecular formula is C9H9Br2F2N. The van der Waals surface area contributed by atoms with E-state index in [0.717, 1.165) is 4.47 Å². The highest BCUT2D eigenvalue weighted by molar-refractivity contribution is 9.13. The van der Waals surface area contributed by atoms with Gasteiger partial charge >= 0.3 is 0 Å². The lowest BCUT2D eigenvalue weighted by Crippen LogP contribution is -2.28. The summed E-state index contributed by atoms with van der Waals surface area (Å²) in [4.78, 5) is 0. The number of halogens is 4. The molecule has 1 nitrogen and oxygen atoms in total. The van der Waals surface area contributed by atoms with Gasteiger partial charge in [0.2, 0.25) is 0 Å². The second-order valence-electron chi connectivity index (χ2n) is 2.86. The molecule has 1 aromatic carbocycles. The van der Waals surface area contributed by atoms with E-state index in [-0.39, 0.29) is 12.1 Å². The number of alkyl halides is 2. The molecule has 0 heterocycles. The number of hydrogen-bond donors (Lipinski definition) is 1. The lowest BCUT2D eigenvalue weighted by Gasteiger charge is -2.16. The molecule has 0 aliphatic carbocycles. The Hall–Kier alpha value is -0.000000000000000111. The van der Waals surface area contributed by atoms with Crippen LogP contribution in [0.1, 0.15) is 5.56 Å². The minimum Gasteiger partial charge on any atom is -0.314 e. The minimum absolute atomic E-state index is 0.00178. The van der Waals surface area contributed by atoms with Gasteiger partial charge < -0.3 is 5.32 Å². The number of rotatable bonds is 3. The lowest BCUT2D eigenvalue weighted by molar-refractivity contribution is -0.00132. The zero-order chi connectivity index (χ0) is 10.8. The van der Waals surface area contributed by atoms with Gasteiger partial charge in [0, 0.05) is 14.5 Å². The average molecular weight is 329 g/mol. The van der Waals surface area contributed by atoms with Crippen molar-refractivity contribution in [3.8, 4) is 0 Å². The van der Waals surface area contributed by atoms with Crippen LogP contribution in [-0.4, -0.2) is 13.6 Å². The third-order valence-electron chi connectivity index (χ3n) is 1.74. The molecule has 0 aliphatic heterocycles. The molecule has 5 heteroatoms. The second kappa shape index (κ2) is 4.68. The summed E-state index contributed by atoms with van der Waals surface area (Å²) in [7, 11) is 1.50. The van der Waals surface area contributed by atoms with Crippen molar-refractivity contribution in [1.29, 1.82) is 0 Å². The van der Waals surface area contributed by atoms with Crippen molar-refractivity contribution < 1.29 is 8.78 Å². The molecule has 78 valence electrons. The molecule has 0 saturated heterocycles. The summed E-state index contributed by atoms with van der Waals surface area (Å²) in [5.74, 6) is -2.84. The van der Waals surface area contributed by atoms with Gasteiger partial charge in [-0.3, -0.25) is 0 Å². The molecule has 0 fully saturated rings. The Morgan fingerprint density at radius 2 is 1.93 bits per heavy atom. The highest BCUT2D eigenvalue weighted by atomic mass is 79.9. The van der Waals surface area contributed by atoms with Gasteiger partial charge in [-0.1, -0.05) is 6.07 Å². The van der Waals surface area contributed by atoms with Crippen molar-refractivity contribution in [1.82, 2.24) is 5.32 Å². The summed E-state index contributed by atoms with van der Waals surface area (Å²) >= 11 is 6.42. The predicted molar refractivity (Wildman–Crippen MR) is 59.7 cm³/mol. The van der Waals surface area contributed by atoms with Crippen molar-refractivity contribution in [3.05, 3.63) is 32.7 Å². The summed E-state index contributed by atoms with van der Waals surface area (Å²) in [6, 6.07) is 4.43. The van der Waals surface area contributed by atoms with E-state index >= 15 is 0 Å². The Bertz CT molecular complexity index is 329. The number of nitrogens with one attached hydrogen (secondary N) is 1. The first-order valence-electron chi connectivity index (χ1n) is 3.95. The second-order valence-corrected chi connectivity index (χ2v) is 4.57. The van der Waals surface area contributed by atoms with Gasteiger partial charge in [-0.05, 0) is 51.0 Å². The largest absolute Gasteiger partial charge is 0.314 e. The fourth-order valence-electron chi connectivity index (χ4n) is 1.05. The van der Waals surface area contributed by atoms with Gasteiger partial charge in [0.25, 0.3) is 5.92 Å². The molecule has 1 rings (SSSR count). The fraction of sp³-hybridized carbons (Fsp3) is 0.333. The molecule has 1 aromatic rings. The van der Waals surface area contributed by atoms with E-state index in [9.17, 15) is 8.78 Å². The maximum Gasteiger partial charge on any atom is 0.285 e. The fourth-order valence-corrected chi connectivity index (χ4v) is 1.67. The molecule has 0 atom stereocenters. The van der Waals surface area contributed by atoms with Crippen molar-refractivity contribution in [3.63, 3.8) is 0 Å². The zero-order valence-electron chi connectivity index (χ0n) is 7.45. The Balaban J connectivity index is 3.01. The summed E-state index contributed by atoms with van der Waals surface area (Å²) in [6.07, 6.45) is 0. The molecule has 0 saturated carbocycles. The molecule has 0 aromatic heterocycles. The highest BCUT2D eigenvalue weighted by Gasteiger charge is 2.30. The van der Waals surface area contributed by atoms with E-state index in [0.29, 0.717) is 4.47 Å². The van der Waals surface area contributed by atoms with Crippen LogP contribution in [-0.2, 0) is 5.92 Å². The van der Waals surface area contributed by atoms with Gasteiger partial charge in [0.05, 0.1) is 6.54 Å². The average Bonchev–Trinajstić information content (AvgIpc) is 2.09. The molecule has 0 unspecified atom stereocenters. The molecule has 14 heavy (non-hydrogen) atoms. The van der Waals surface area contributed by atoms with Crippen molar-refractivity contribution >= 4 is 31.9 Å². The maximum atomic E-state index is 13.4. The van der Waals surface area contributed by atoms with Gasteiger partial charge in [-0.15, -0.1) is 0 Å². The third-order valence-corrected chi connectivity index (χ3v) is 3.62. The number of hydrogen-bond acceptors (Lipinski definition) is 1.